The van der Waals surface area contributed by atoms with Gasteiger partial charge in [-0.1, -0.05) is 0 Å². The van der Waals surface area contributed by atoms with Crippen LogP contribution in [0.3, 0.4) is 0 Å². The molecule has 1 aliphatic rings. The SMILES string of the molecule is NS(=O)(=O)c1ccc(NCC2(O)CCOCC2)cc1. The van der Waals surface area contributed by atoms with Gasteiger partial charge in [0.15, 0.2) is 0 Å². The van der Waals surface area contributed by atoms with Crippen molar-refractivity contribution in [1.82, 2.24) is 0 Å². The number of rotatable bonds is 4. The molecule has 0 spiro atoms. The Balaban J connectivity index is 1.96. The molecule has 1 aliphatic heterocycles. The summed E-state index contributed by atoms with van der Waals surface area (Å²) in [5, 5.41) is 18.4. The molecule has 2 rings (SSSR count). The molecule has 0 atom stereocenters. The van der Waals surface area contributed by atoms with E-state index in [1.807, 2.05) is 0 Å². The van der Waals surface area contributed by atoms with Crippen molar-refractivity contribution >= 4 is 15.7 Å². The summed E-state index contributed by atoms with van der Waals surface area (Å²) in [6, 6.07) is 6.13. The molecular formula is C12H18N2O4S. The van der Waals surface area contributed by atoms with Crippen LogP contribution in [0, 0.1) is 0 Å². The van der Waals surface area contributed by atoms with Crippen LogP contribution in [0.2, 0.25) is 0 Å². The molecule has 0 amide bonds. The molecule has 0 aliphatic carbocycles. The lowest BCUT2D eigenvalue weighted by atomic mass is 9.94. The predicted molar refractivity (Wildman–Crippen MR) is 71.3 cm³/mol. The summed E-state index contributed by atoms with van der Waals surface area (Å²) in [6.45, 7) is 1.52. The normalized spacial score (nSPS) is 19.1. The molecule has 6 nitrogen and oxygen atoms in total. The Kier molecular flexibility index (Phi) is 4.10. The molecule has 0 unspecified atom stereocenters. The van der Waals surface area contributed by atoms with E-state index < -0.39 is 15.6 Å². The maximum atomic E-state index is 11.1. The molecule has 0 radical (unpaired) electrons. The number of nitrogens with two attached hydrogens (primary N) is 1. The van der Waals surface area contributed by atoms with Gasteiger partial charge in [0.1, 0.15) is 0 Å². The summed E-state index contributed by atoms with van der Waals surface area (Å²) in [7, 11) is -3.66. The number of anilines is 1. The van der Waals surface area contributed by atoms with Gasteiger partial charge in [-0.05, 0) is 24.3 Å². The average molecular weight is 286 g/mol. The number of nitrogens with one attached hydrogen (secondary N) is 1. The Hall–Kier alpha value is -1.15. The van der Waals surface area contributed by atoms with Crippen molar-refractivity contribution in [2.75, 3.05) is 25.1 Å². The van der Waals surface area contributed by atoms with E-state index in [-0.39, 0.29) is 4.90 Å². The van der Waals surface area contributed by atoms with Crippen LogP contribution in [0.15, 0.2) is 29.2 Å². The number of ether oxygens (including phenoxy) is 1. The fourth-order valence-electron chi connectivity index (χ4n) is 1.96. The summed E-state index contributed by atoms with van der Waals surface area (Å²) in [6.07, 6.45) is 1.19. The zero-order valence-electron chi connectivity index (χ0n) is 10.5. The van der Waals surface area contributed by atoms with Crippen molar-refractivity contribution in [3.05, 3.63) is 24.3 Å². The molecule has 0 aromatic heterocycles. The van der Waals surface area contributed by atoms with E-state index in [2.05, 4.69) is 5.32 Å². The molecular weight excluding hydrogens is 268 g/mol. The lowest BCUT2D eigenvalue weighted by molar-refractivity contribution is -0.0543. The molecule has 1 heterocycles. The van der Waals surface area contributed by atoms with Gasteiger partial charge < -0.3 is 15.2 Å². The summed E-state index contributed by atoms with van der Waals surface area (Å²) in [5.41, 5.74) is -0.0241. The number of benzene rings is 1. The Morgan fingerprint density at radius 2 is 1.84 bits per heavy atom. The van der Waals surface area contributed by atoms with Gasteiger partial charge in [0, 0.05) is 38.3 Å². The van der Waals surface area contributed by atoms with Gasteiger partial charge in [-0.2, -0.15) is 0 Å². The molecule has 1 saturated heterocycles. The topological polar surface area (TPSA) is 102 Å². The third-order valence-corrected chi connectivity index (χ3v) is 4.16. The Bertz CT molecular complexity index is 521. The zero-order valence-corrected chi connectivity index (χ0v) is 11.3. The van der Waals surface area contributed by atoms with E-state index in [9.17, 15) is 13.5 Å². The minimum Gasteiger partial charge on any atom is -0.388 e. The van der Waals surface area contributed by atoms with Crippen molar-refractivity contribution in [2.45, 2.75) is 23.3 Å². The highest BCUT2D eigenvalue weighted by Gasteiger charge is 2.29. The van der Waals surface area contributed by atoms with Crippen LogP contribution in [-0.4, -0.2) is 38.9 Å². The average Bonchev–Trinajstić information content (AvgIpc) is 2.37. The Labute approximate surface area is 112 Å². The van der Waals surface area contributed by atoms with Crippen molar-refractivity contribution in [3.8, 4) is 0 Å². The lowest BCUT2D eigenvalue weighted by Crippen LogP contribution is -2.42. The lowest BCUT2D eigenvalue weighted by Gasteiger charge is -2.32. The van der Waals surface area contributed by atoms with E-state index >= 15 is 0 Å². The van der Waals surface area contributed by atoms with Gasteiger partial charge in [0.2, 0.25) is 10.0 Å². The van der Waals surface area contributed by atoms with Gasteiger partial charge in [0.25, 0.3) is 0 Å². The highest BCUT2D eigenvalue weighted by Crippen LogP contribution is 2.21. The van der Waals surface area contributed by atoms with Crippen LogP contribution < -0.4 is 10.5 Å². The van der Waals surface area contributed by atoms with E-state index in [1.165, 1.54) is 12.1 Å². The van der Waals surface area contributed by atoms with Gasteiger partial charge >= 0.3 is 0 Å². The van der Waals surface area contributed by atoms with Crippen LogP contribution in [0.5, 0.6) is 0 Å². The van der Waals surface area contributed by atoms with E-state index in [0.717, 1.165) is 5.69 Å². The molecule has 7 heteroatoms. The summed E-state index contributed by atoms with van der Waals surface area (Å²) in [5.74, 6) is 0. The standard InChI is InChI=1S/C12H18N2O4S/c13-19(16,17)11-3-1-10(2-4-11)14-9-12(15)5-7-18-8-6-12/h1-4,14-15H,5-9H2,(H2,13,16,17). The van der Waals surface area contributed by atoms with Gasteiger partial charge in [-0.25, -0.2) is 13.6 Å². The smallest absolute Gasteiger partial charge is 0.238 e. The molecule has 106 valence electrons. The quantitative estimate of drug-likeness (QED) is 0.738. The fraction of sp³-hybridized carbons (Fsp3) is 0.500. The molecule has 4 N–H and O–H groups in total. The summed E-state index contributed by atoms with van der Waals surface area (Å²) >= 11 is 0. The van der Waals surface area contributed by atoms with Crippen molar-refractivity contribution in [3.63, 3.8) is 0 Å². The molecule has 0 saturated carbocycles. The number of sulfonamides is 1. The molecule has 1 aromatic carbocycles. The second-order valence-corrected chi connectivity index (χ2v) is 6.32. The molecule has 0 bridgehead atoms. The number of aliphatic hydroxyl groups is 1. The number of hydrogen-bond donors (Lipinski definition) is 3. The first-order valence-corrected chi connectivity index (χ1v) is 7.61. The third kappa shape index (κ3) is 3.90. The Morgan fingerprint density at radius 3 is 2.37 bits per heavy atom. The van der Waals surface area contributed by atoms with Crippen LogP contribution in [0.1, 0.15) is 12.8 Å². The first kappa shape index (κ1) is 14.3. The highest BCUT2D eigenvalue weighted by atomic mass is 32.2. The predicted octanol–water partition coefficient (Wildman–Crippen LogP) is 0.287. The van der Waals surface area contributed by atoms with Crippen LogP contribution in [0.4, 0.5) is 5.69 Å². The minimum atomic E-state index is -3.66. The molecule has 19 heavy (non-hydrogen) atoms. The monoisotopic (exact) mass is 286 g/mol. The summed E-state index contributed by atoms with van der Waals surface area (Å²) in [4.78, 5) is 0.0721. The van der Waals surface area contributed by atoms with Crippen LogP contribution in [0.25, 0.3) is 0 Å². The largest absolute Gasteiger partial charge is 0.388 e. The fourth-order valence-corrected chi connectivity index (χ4v) is 2.47. The van der Waals surface area contributed by atoms with Crippen molar-refractivity contribution in [2.24, 2.45) is 5.14 Å². The first-order chi connectivity index (χ1) is 8.89. The minimum absolute atomic E-state index is 0.0721. The van der Waals surface area contributed by atoms with Crippen LogP contribution >= 0.6 is 0 Å². The molecule has 1 fully saturated rings. The van der Waals surface area contributed by atoms with Gasteiger partial charge in [0.05, 0.1) is 10.5 Å². The van der Waals surface area contributed by atoms with Crippen molar-refractivity contribution < 1.29 is 18.3 Å². The third-order valence-electron chi connectivity index (χ3n) is 3.23. The Morgan fingerprint density at radius 1 is 1.26 bits per heavy atom. The summed E-state index contributed by atoms with van der Waals surface area (Å²) < 4.78 is 27.4. The first-order valence-electron chi connectivity index (χ1n) is 6.06. The van der Waals surface area contributed by atoms with E-state index in [1.54, 1.807) is 12.1 Å². The van der Waals surface area contributed by atoms with E-state index in [0.29, 0.717) is 32.6 Å². The number of primary sulfonamides is 1. The van der Waals surface area contributed by atoms with Crippen LogP contribution in [-0.2, 0) is 14.8 Å². The second kappa shape index (κ2) is 5.46. The highest BCUT2D eigenvalue weighted by molar-refractivity contribution is 7.89. The van der Waals surface area contributed by atoms with Crippen molar-refractivity contribution in [1.29, 1.82) is 0 Å². The molecule has 1 aromatic rings. The second-order valence-electron chi connectivity index (χ2n) is 4.76. The number of hydrogen-bond acceptors (Lipinski definition) is 5. The van der Waals surface area contributed by atoms with Gasteiger partial charge in [-0.15, -0.1) is 0 Å². The maximum absolute atomic E-state index is 11.1. The zero-order chi connectivity index (χ0) is 13.9. The van der Waals surface area contributed by atoms with Gasteiger partial charge in [-0.3, -0.25) is 0 Å². The van der Waals surface area contributed by atoms with E-state index in [4.69, 9.17) is 9.88 Å². The maximum Gasteiger partial charge on any atom is 0.238 e.